The zero-order chi connectivity index (χ0) is 13.7. The summed E-state index contributed by atoms with van der Waals surface area (Å²) in [4.78, 5) is 6.49. The molecule has 0 saturated heterocycles. The van der Waals surface area contributed by atoms with Crippen LogP contribution in [0.5, 0.6) is 11.5 Å². The summed E-state index contributed by atoms with van der Waals surface area (Å²) >= 11 is 0. The molecule has 1 aromatic rings. The Kier molecular flexibility index (Phi) is 4.49. The van der Waals surface area contributed by atoms with Crippen LogP contribution in [0.3, 0.4) is 0 Å². The molecule has 0 aliphatic carbocycles. The van der Waals surface area contributed by atoms with Crippen LogP contribution in [0.2, 0.25) is 0 Å². The highest BCUT2D eigenvalue weighted by Gasteiger charge is 2.13. The average molecular weight is 263 g/mol. The van der Waals surface area contributed by atoms with Crippen LogP contribution >= 0.6 is 0 Å². The number of benzene rings is 1. The third kappa shape index (κ3) is 3.77. The first-order valence-electron chi connectivity index (χ1n) is 6.49. The van der Waals surface area contributed by atoms with Gasteiger partial charge in [-0.3, -0.25) is 4.99 Å². The van der Waals surface area contributed by atoms with Crippen LogP contribution in [0.4, 0.5) is 0 Å². The molecule has 1 N–H and O–H groups in total. The molecule has 1 aliphatic rings. The van der Waals surface area contributed by atoms with E-state index in [1.807, 2.05) is 38.2 Å². The summed E-state index contributed by atoms with van der Waals surface area (Å²) in [5.41, 5.74) is 0. The Balaban J connectivity index is 1.78. The van der Waals surface area contributed by atoms with E-state index in [1.165, 1.54) is 0 Å². The van der Waals surface area contributed by atoms with Crippen molar-refractivity contribution >= 4 is 5.96 Å². The van der Waals surface area contributed by atoms with Crippen molar-refractivity contribution in [3.63, 3.8) is 0 Å². The highest BCUT2D eigenvalue weighted by Crippen LogP contribution is 2.17. The Bertz CT molecular complexity index is 431. The number of nitrogens with one attached hydrogen (secondary N) is 1. The Labute approximate surface area is 114 Å². The molecule has 1 unspecified atom stereocenters. The van der Waals surface area contributed by atoms with Crippen LogP contribution in [0, 0.1) is 0 Å². The van der Waals surface area contributed by atoms with Crippen molar-refractivity contribution in [2.75, 3.05) is 33.8 Å². The second kappa shape index (κ2) is 6.31. The van der Waals surface area contributed by atoms with Crippen LogP contribution in [0.1, 0.15) is 6.92 Å². The molecule has 0 bridgehead atoms. The van der Waals surface area contributed by atoms with Gasteiger partial charge in [-0.25, -0.2) is 0 Å². The standard InChI is InChI=1S/C14H21N3O2/c1-11(10-16-14-15-8-9-17(14)2)19-13-6-4-12(18-3)5-7-13/h4-7,11H,8-10H2,1-3H3,(H,15,16). The van der Waals surface area contributed by atoms with Gasteiger partial charge in [-0.15, -0.1) is 0 Å². The molecule has 19 heavy (non-hydrogen) atoms. The summed E-state index contributed by atoms with van der Waals surface area (Å²) < 4.78 is 10.9. The molecular weight excluding hydrogens is 242 g/mol. The monoisotopic (exact) mass is 263 g/mol. The van der Waals surface area contributed by atoms with E-state index >= 15 is 0 Å². The topological polar surface area (TPSA) is 46.1 Å². The van der Waals surface area contributed by atoms with Crippen molar-refractivity contribution in [3.05, 3.63) is 24.3 Å². The number of guanidine groups is 1. The summed E-state index contributed by atoms with van der Waals surface area (Å²) in [5.74, 6) is 2.63. The fourth-order valence-electron chi connectivity index (χ4n) is 1.89. The Morgan fingerprint density at radius 3 is 2.58 bits per heavy atom. The lowest BCUT2D eigenvalue weighted by Crippen LogP contribution is -2.40. The van der Waals surface area contributed by atoms with Gasteiger partial charge in [-0.2, -0.15) is 0 Å². The highest BCUT2D eigenvalue weighted by molar-refractivity contribution is 5.81. The Morgan fingerprint density at radius 1 is 1.32 bits per heavy atom. The van der Waals surface area contributed by atoms with E-state index in [2.05, 4.69) is 15.2 Å². The van der Waals surface area contributed by atoms with Crippen molar-refractivity contribution in [3.8, 4) is 11.5 Å². The van der Waals surface area contributed by atoms with E-state index < -0.39 is 0 Å². The molecule has 0 fully saturated rings. The second-order valence-electron chi connectivity index (χ2n) is 4.61. The molecule has 1 heterocycles. The number of hydrogen-bond acceptors (Lipinski definition) is 5. The van der Waals surface area contributed by atoms with Gasteiger partial charge in [0.2, 0.25) is 0 Å². The van der Waals surface area contributed by atoms with Gasteiger partial charge >= 0.3 is 0 Å². The zero-order valence-electron chi connectivity index (χ0n) is 11.7. The molecule has 104 valence electrons. The first kappa shape index (κ1) is 13.5. The van der Waals surface area contributed by atoms with Crippen molar-refractivity contribution in [1.82, 2.24) is 10.2 Å². The molecule has 0 saturated carbocycles. The molecule has 0 radical (unpaired) electrons. The van der Waals surface area contributed by atoms with Gasteiger partial charge in [-0.05, 0) is 31.2 Å². The van der Waals surface area contributed by atoms with Gasteiger partial charge in [0.15, 0.2) is 5.96 Å². The maximum absolute atomic E-state index is 5.82. The number of likely N-dealkylation sites (N-methyl/N-ethyl adjacent to an activating group) is 1. The van der Waals surface area contributed by atoms with E-state index in [4.69, 9.17) is 9.47 Å². The van der Waals surface area contributed by atoms with Gasteiger partial charge in [0.25, 0.3) is 0 Å². The predicted octanol–water partition coefficient (Wildman–Crippen LogP) is 1.35. The first-order valence-corrected chi connectivity index (χ1v) is 6.49. The average Bonchev–Trinajstić information content (AvgIpc) is 2.83. The number of aliphatic imine (C=N–C) groups is 1. The maximum Gasteiger partial charge on any atom is 0.193 e. The third-order valence-corrected chi connectivity index (χ3v) is 3.00. The quantitative estimate of drug-likeness (QED) is 0.871. The lowest BCUT2D eigenvalue weighted by atomic mass is 10.3. The van der Waals surface area contributed by atoms with Gasteiger partial charge in [0.05, 0.1) is 20.2 Å². The van der Waals surface area contributed by atoms with Crippen LogP contribution in [0.25, 0.3) is 0 Å². The van der Waals surface area contributed by atoms with Crippen molar-refractivity contribution < 1.29 is 9.47 Å². The lowest BCUT2D eigenvalue weighted by Gasteiger charge is -2.19. The fraction of sp³-hybridized carbons (Fsp3) is 0.500. The first-order chi connectivity index (χ1) is 9.19. The Morgan fingerprint density at radius 2 is 2.00 bits per heavy atom. The predicted molar refractivity (Wildman–Crippen MR) is 76.0 cm³/mol. The normalized spacial score (nSPS) is 15.9. The summed E-state index contributed by atoms with van der Waals surface area (Å²) in [7, 11) is 3.69. The zero-order valence-corrected chi connectivity index (χ0v) is 11.7. The molecule has 1 aliphatic heterocycles. The smallest absolute Gasteiger partial charge is 0.193 e. The van der Waals surface area contributed by atoms with Gasteiger partial charge in [-0.1, -0.05) is 0 Å². The van der Waals surface area contributed by atoms with E-state index in [0.717, 1.165) is 37.1 Å². The number of hydrogen-bond donors (Lipinski definition) is 1. The van der Waals surface area contributed by atoms with Crippen LogP contribution in [-0.4, -0.2) is 50.8 Å². The Hall–Kier alpha value is -1.91. The number of ether oxygens (including phenoxy) is 2. The summed E-state index contributed by atoms with van der Waals surface area (Å²) in [5, 5.41) is 3.30. The van der Waals surface area contributed by atoms with E-state index in [9.17, 15) is 0 Å². The molecule has 2 rings (SSSR count). The fourth-order valence-corrected chi connectivity index (χ4v) is 1.89. The highest BCUT2D eigenvalue weighted by atomic mass is 16.5. The number of rotatable bonds is 5. The van der Waals surface area contributed by atoms with Crippen LogP contribution in [0.15, 0.2) is 29.3 Å². The van der Waals surface area contributed by atoms with Crippen molar-refractivity contribution in [1.29, 1.82) is 0 Å². The third-order valence-electron chi connectivity index (χ3n) is 3.00. The van der Waals surface area contributed by atoms with Crippen LogP contribution in [-0.2, 0) is 0 Å². The minimum absolute atomic E-state index is 0.0742. The molecule has 0 aromatic heterocycles. The molecular formula is C14H21N3O2. The summed E-state index contributed by atoms with van der Waals surface area (Å²) in [6.07, 6.45) is 0.0742. The molecule has 1 atom stereocenters. The summed E-state index contributed by atoms with van der Waals surface area (Å²) in [6, 6.07) is 7.61. The van der Waals surface area contributed by atoms with Crippen LogP contribution < -0.4 is 14.8 Å². The van der Waals surface area contributed by atoms with E-state index in [1.54, 1.807) is 7.11 Å². The summed E-state index contributed by atoms with van der Waals surface area (Å²) in [6.45, 7) is 4.62. The van der Waals surface area contributed by atoms with Crippen molar-refractivity contribution in [2.24, 2.45) is 4.99 Å². The minimum Gasteiger partial charge on any atom is -0.497 e. The molecule has 1 aromatic carbocycles. The minimum atomic E-state index is 0.0742. The molecule has 0 spiro atoms. The number of methoxy groups -OCH3 is 1. The maximum atomic E-state index is 5.82. The van der Waals surface area contributed by atoms with E-state index in [-0.39, 0.29) is 6.10 Å². The molecule has 5 heteroatoms. The SMILES string of the molecule is COc1ccc(OC(C)CNC2=NCCN2C)cc1. The second-order valence-corrected chi connectivity index (χ2v) is 4.61. The number of nitrogens with zero attached hydrogens (tertiary/aromatic N) is 2. The van der Waals surface area contributed by atoms with Gasteiger partial charge in [0, 0.05) is 13.6 Å². The van der Waals surface area contributed by atoms with E-state index in [0.29, 0.717) is 0 Å². The van der Waals surface area contributed by atoms with Gasteiger partial charge in [0.1, 0.15) is 17.6 Å². The molecule has 0 amide bonds. The lowest BCUT2D eigenvalue weighted by molar-refractivity contribution is 0.222. The largest absolute Gasteiger partial charge is 0.497 e. The van der Waals surface area contributed by atoms with Gasteiger partial charge < -0.3 is 19.7 Å². The van der Waals surface area contributed by atoms with Crippen molar-refractivity contribution in [2.45, 2.75) is 13.0 Å². The molecule has 5 nitrogen and oxygen atoms in total.